The Hall–Kier alpha value is -1.10. The van der Waals surface area contributed by atoms with Crippen LogP contribution in [0.2, 0.25) is 0 Å². The van der Waals surface area contributed by atoms with Crippen LogP contribution in [0.5, 0.6) is 5.88 Å². The molecule has 0 aliphatic rings. The molecule has 0 radical (unpaired) electrons. The Bertz CT molecular complexity index is 356. The molecule has 1 rings (SSSR count). The highest BCUT2D eigenvalue weighted by atomic mass is 79.9. The zero-order chi connectivity index (χ0) is 12.0. The maximum atomic E-state index is 11.8. The van der Waals surface area contributed by atoms with Crippen molar-refractivity contribution in [3.8, 4) is 5.88 Å². The number of rotatable bonds is 5. The van der Waals surface area contributed by atoms with Crippen LogP contribution in [0.15, 0.2) is 18.3 Å². The molecule has 4 nitrogen and oxygen atoms in total. The van der Waals surface area contributed by atoms with Gasteiger partial charge in [-0.2, -0.15) is 0 Å². The molecule has 1 aromatic heterocycles. The van der Waals surface area contributed by atoms with Gasteiger partial charge in [-0.05, 0) is 18.6 Å². The lowest BCUT2D eigenvalue weighted by Crippen LogP contribution is -2.26. The first-order valence-electron chi connectivity index (χ1n) is 5.06. The number of amides is 1. The quantitative estimate of drug-likeness (QED) is 0.843. The fourth-order valence-corrected chi connectivity index (χ4v) is 1.44. The first-order valence-corrected chi connectivity index (χ1v) is 5.98. The Morgan fingerprint density at radius 1 is 1.69 bits per heavy atom. The predicted octanol–water partition coefficient (Wildman–Crippen LogP) is 1.99. The summed E-state index contributed by atoms with van der Waals surface area (Å²) in [5.74, 6) is 0.199. The Labute approximate surface area is 104 Å². The lowest BCUT2D eigenvalue weighted by molar-refractivity contribution is 0.0949. The Kier molecular flexibility index (Phi) is 5.25. The lowest BCUT2D eigenvalue weighted by Gasteiger charge is -2.08. The SMILES string of the molecule is COc1ncccc1C(=O)NCCC(C)Br. The topological polar surface area (TPSA) is 51.2 Å². The number of carbonyl (C=O) groups excluding carboxylic acids is 1. The highest BCUT2D eigenvalue weighted by Gasteiger charge is 2.11. The average molecular weight is 287 g/mol. The number of methoxy groups -OCH3 is 1. The minimum atomic E-state index is -0.155. The molecule has 0 fully saturated rings. The molecule has 0 aliphatic heterocycles. The molecule has 0 bridgehead atoms. The van der Waals surface area contributed by atoms with Crippen molar-refractivity contribution >= 4 is 21.8 Å². The predicted molar refractivity (Wildman–Crippen MR) is 66.1 cm³/mol. The molecule has 0 aliphatic carbocycles. The molecule has 0 saturated heterocycles. The van der Waals surface area contributed by atoms with Crippen LogP contribution in [-0.2, 0) is 0 Å². The van der Waals surface area contributed by atoms with Gasteiger partial charge in [0.15, 0.2) is 0 Å². The summed E-state index contributed by atoms with van der Waals surface area (Å²) in [7, 11) is 1.50. The van der Waals surface area contributed by atoms with E-state index < -0.39 is 0 Å². The number of pyridine rings is 1. The van der Waals surface area contributed by atoms with E-state index in [9.17, 15) is 4.79 Å². The largest absolute Gasteiger partial charge is 0.480 e. The second kappa shape index (κ2) is 6.48. The minimum Gasteiger partial charge on any atom is -0.480 e. The zero-order valence-corrected chi connectivity index (χ0v) is 11.0. The van der Waals surface area contributed by atoms with Crippen LogP contribution in [0, 0.1) is 0 Å². The van der Waals surface area contributed by atoms with E-state index in [0.29, 0.717) is 22.8 Å². The van der Waals surface area contributed by atoms with Crippen LogP contribution < -0.4 is 10.1 Å². The van der Waals surface area contributed by atoms with Crippen LogP contribution in [0.3, 0.4) is 0 Å². The third-order valence-electron chi connectivity index (χ3n) is 2.04. The van der Waals surface area contributed by atoms with Crippen molar-refractivity contribution in [1.82, 2.24) is 10.3 Å². The number of halogens is 1. The first kappa shape index (κ1) is 13.0. The van der Waals surface area contributed by atoms with Crippen LogP contribution in [-0.4, -0.2) is 29.4 Å². The monoisotopic (exact) mass is 286 g/mol. The summed E-state index contributed by atoms with van der Waals surface area (Å²) in [5.41, 5.74) is 0.465. The summed E-state index contributed by atoms with van der Waals surface area (Å²) >= 11 is 3.42. The van der Waals surface area contributed by atoms with Gasteiger partial charge in [-0.1, -0.05) is 22.9 Å². The maximum absolute atomic E-state index is 11.8. The van der Waals surface area contributed by atoms with E-state index >= 15 is 0 Å². The Morgan fingerprint density at radius 3 is 3.06 bits per heavy atom. The Morgan fingerprint density at radius 2 is 2.44 bits per heavy atom. The second-order valence-corrected chi connectivity index (χ2v) is 4.95. The van der Waals surface area contributed by atoms with Gasteiger partial charge in [0.05, 0.1) is 7.11 Å². The van der Waals surface area contributed by atoms with Gasteiger partial charge < -0.3 is 10.1 Å². The maximum Gasteiger partial charge on any atom is 0.256 e. The fourth-order valence-electron chi connectivity index (χ4n) is 1.21. The third-order valence-corrected chi connectivity index (χ3v) is 2.49. The van der Waals surface area contributed by atoms with Crippen LogP contribution in [0.1, 0.15) is 23.7 Å². The lowest BCUT2D eigenvalue weighted by atomic mass is 10.2. The second-order valence-electron chi connectivity index (χ2n) is 3.39. The van der Waals surface area contributed by atoms with Gasteiger partial charge in [-0.15, -0.1) is 0 Å². The van der Waals surface area contributed by atoms with Crippen molar-refractivity contribution in [3.05, 3.63) is 23.9 Å². The minimum absolute atomic E-state index is 0.155. The normalized spacial score (nSPS) is 11.9. The van der Waals surface area contributed by atoms with Gasteiger partial charge in [-0.3, -0.25) is 4.79 Å². The molecular weight excluding hydrogens is 272 g/mol. The fraction of sp³-hybridized carbons (Fsp3) is 0.455. The molecule has 0 aromatic carbocycles. The van der Waals surface area contributed by atoms with Crippen LogP contribution >= 0.6 is 15.9 Å². The van der Waals surface area contributed by atoms with E-state index in [1.165, 1.54) is 7.11 Å². The third kappa shape index (κ3) is 3.81. The van der Waals surface area contributed by atoms with Gasteiger partial charge in [0.1, 0.15) is 5.56 Å². The molecule has 16 heavy (non-hydrogen) atoms. The molecule has 0 spiro atoms. The number of hydrogen-bond acceptors (Lipinski definition) is 3. The smallest absolute Gasteiger partial charge is 0.256 e. The number of nitrogens with one attached hydrogen (secondary N) is 1. The number of alkyl halides is 1. The van der Waals surface area contributed by atoms with Gasteiger partial charge in [-0.25, -0.2) is 4.98 Å². The van der Waals surface area contributed by atoms with E-state index in [2.05, 4.69) is 26.2 Å². The molecule has 1 unspecified atom stereocenters. The standard InChI is InChI=1S/C11H15BrN2O2/c1-8(12)5-7-13-10(15)9-4-3-6-14-11(9)16-2/h3-4,6,8H,5,7H2,1-2H3,(H,13,15). The number of hydrogen-bond donors (Lipinski definition) is 1. The summed E-state index contributed by atoms with van der Waals surface area (Å²) in [6, 6.07) is 3.41. The van der Waals surface area contributed by atoms with Crippen molar-refractivity contribution in [1.29, 1.82) is 0 Å². The summed E-state index contributed by atoms with van der Waals surface area (Å²) in [6.07, 6.45) is 2.48. The van der Waals surface area contributed by atoms with Crippen molar-refractivity contribution in [3.63, 3.8) is 0 Å². The van der Waals surface area contributed by atoms with Gasteiger partial charge in [0.25, 0.3) is 5.91 Å². The van der Waals surface area contributed by atoms with E-state index in [1.807, 2.05) is 6.92 Å². The van der Waals surface area contributed by atoms with Gasteiger partial charge in [0, 0.05) is 17.6 Å². The zero-order valence-electron chi connectivity index (χ0n) is 9.37. The van der Waals surface area contributed by atoms with E-state index in [4.69, 9.17) is 4.74 Å². The molecule has 5 heteroatoms. The molecular formula is C11H15BrN2O2. The molecule has 88 valence electrons. The van der Waals surface area contributed by atoms with Crippen molar-refractivity contribution in [2.45, 2.75) is 18.2 Å². The van der Waals surface area contributed by atoms with Crippen molar-refractivity contribution < 1.29 is 9.53 Å². The van der Waals surface area contributed by atoms with Crippen LogP contribution in [0.4, 0.5) is 0 Å². The molecule has 1 aromatic rings. The molecule has 1 atom stereocenters. The summed E-state index contributed by atoms with van der Waals surface area (Å²) < 4.78 is 5.01. The van der Waals surface area contributed by atoms with Crippen molar-refractivity contribution in [2.24, 2.45) is 0 Å². The summed E-state index contributed by atoms with van der Waals surface area (Å²) in [4.78, 5) is 16.1. The van der Waals surface area contributed by atoms with Crippen molar-refractivity contribution in [2.75, 3.05) is 13.7 Å². The number of ether oxygens (including phenoxy) is 1. The molecule has 1 N–H and O–H groups in total. The summed E-state index contributed by atoms with van der Waals surface area (Å²) in [6.45, 7) is 2.67. The number of nitrogens with zero attached hydrogens (tertiary/aromatic N) is 1. The first-order chi connectivity index (χ1) is 7.65. The molecule has 1 heterocycles. The van der Waals surface area contributed by atoms with E-state index in [0.717, 1.165) is 6.42 Å². The van der Waals surface area contributed by atoms with E-state index in [-0.39, 0.29) is 5.91 Å². The van der Waals surface area contributed by atoms with Crippen LogP contribution in [0.25, 0.3) is 0 Å². The summed E-state index contributed by atoms with van der Waals surface area (Å²) in [5, 5.41) is 2.82. The highest BCUT2D eigenvalue weighted by Crippen LogP contribution is 2.13. The van der Waals surface area contributed by atoms with Gasteiger partial charge in [0.2, 0.25) is 5.88 Å². The number of carbonyl (C=O) groups is 1. The average Bonchev–Trinajstić information content (AvgIpc) is 2.28. The Balaban J connectivity index is 2.59. The van der Waals surface area contributed by atoms with Gasteiger partial charge >= 0.3 is 0 Å². The van der Waals surface area contributed by atoms with E-state index in [1.54, 1.807) is 18.3 Å². The highest BCUT2D eigenvalue weighted by molar-refractivity contribution is 9.09. The number of aromatic nitrogens is 1. The molecule has 1 amide bonds. The molecule has 0 saturated carbocycles.